The van der Waals surface area contributed by atoms with Crippen LogP contribution < -0.4 is 0 Å². The Hall–Kier alpha value is -2.98. The summed E-state index contributed by atoms with van der Waals surface area (Å²) in [4.78, 5) is 28.6. The second-order valence-corrected chi connectivity index (χ2v) is 6.34. The Morgan fingerprint density at radius 1 is 1.07 bits per heavy atom. The summed E-state index contributed by atoms with van der Waals surface area (Å²) in [5.41, 5.74) is 2.75. The van der Waals surface area contributed by atoms with Crippen molar-refractivity contribution in [2.45, 2.75) is 13.3 Å². The number of carbonyl (C=O) groups is 2. The molecule has 0 bridgehead atoms. The fourth-order valence-electron chi connectivity index (χ4n) is 2.71. The lowest BCUT2D eigenvalue weighted by molar-refractivity contribution is -0.141. The Bertz CT molecular complexity index is 1030. The quantitative estimate of drug-likeness (QED) is 0.336. The summed E-state index contributed by atoms with van der Waals surface area (Å²) in [6, 6.07) is 16.6. The van der Waals surface area contributed by atoms with Crippen molar-refractivity contribution in [3.05, 3.63) is 76.4 Å². The van der Waals surface area contributed by atoms with E-state index in [1.54, 1.807) is 19.1 Å². The molecule has 2 aromatic carbocycles. The molecule has 0 fully saturated rings. The molecule has 136 valence electrons. The van der Waals surface area contributed by atoms with Crippen LogP contribution in [0.2, 0.25) is 5.02 Å². The van der Waals surface area contributed by atoms with Crippen LogP contribution in [0.4, 0.5) is 0 Å². The molecule has 0 saturated carbocycles. The molecule has 0 unspecified atom stereocenters. The molecule has 0 saturated heterocycles. The van der Waals surface area contributed by atoms with Gasteiger partial charge in [-0.25, -0.2) is 4.98 Å². The maximum absolute atomic E-state index is 12.4. The summed E-state index contributed by atoms with van der Waals surface area (Å²) in [6.45, 7) is 1.97. The first-order valence-corrected chi connectivity index (χ1v) is 8.97. The van der Waals surface area contributed by atoms with Crippen molar-refractivity contribution in [1.29, 1.82) is 0 Å². The third-order valence-electron chi connectivity index (χ3n) is 3.98. The molecule has 3 aromatic rings. The zero-order valence-electron chi connectivity index (χ0n) is 14.8. The van der Waals surface area contributed by atoms with Gasteiger partial charge in [0.25, 0.3) is 0 Å². The van der Waals surface area contributed by atoms with E-state index in [9.17, 15) is 9.59 Å². The largest absolute Gasteiger partial charge is 0.466 e. The highest BCUT2D eigenvalue weighted by molar-refractivity contribution is 6.31. The zero-order valence-corrected chi connectivity index (χ0v) is 15.6. The molecule has 0 spiro atoms. The lowest BCUT2D eigenvalue weighted by Crippen LogP contribution is -2.12. The highest BCUT2D eigenvalue weighted by atomic mass is 35.5. The van der Waals surface area contributed by atoms with E-state index in [-0.39, 0.29) is 18.8 Å². The van der Waals surface area contributed by atoms with Gasteiger partial charge in [0, 0.05) is 16.0 Å². The molecule has 0 aliphatic carbocycles. The van der Waals surface area contributed by atoms with Crippen molar-refractivity contribution in [1.82, 2.24) is 4.98 Å². The van der Waals surface area contributed by atoms with Gasteiger partial charge in [0.1, 0.15) is 6.42 Å². The maximum atomic E-state index is 12.4. The normalized spacial score (nSPS) is 11.0. The first-order chi connectivity index (χ1) is 13.1. The molecule has 27 heavy (non-hydrogen) atoms. The number of hydrogen-bond acceptors (Lipinski definition) is 4. The summed E-state index contributed by atoms with van der Waals surface area (Å²) in [6.07, 6.45) is 3.37. The highest BCUT2D eigenvalue weighted by Crippen LogP contribution is 2.20. The Balaban J connectivity index is 1.85. The van der Waals surface area contributed by atoms with Crippen LogP contribution in [0.25, 0.3) is 23.1 Å². The topological polar surface area (TPSA) is 56.3 Å². The van der Waals surface area contributed by atoms with E-state index in [0.717, 1.165) is 22.2 Å². The minimum atomic E-state index is -0.519. The summed E-state index contributed by atoms with van der Waals surface area (Å²) in [7, 11) is 0. The summed E-state index contributed by atoms with van der Waals surface area (Å²) in [5.74, 6) is -0.790. The SMILES string of the molecule is CCOC(=O)CC(=O)c1ccccc1C=Cc1ccc2ccc(Cl)cc2n1. The van der Waals surface area contributed by atoms with Gasteiger partial charge in [-0.1, -0.05) is 54.1 Å². The van der Waals surface area contributed by atoms with E-state index >= 15 is 0 Å². The van der Waals surface area contributed by atoms with E-state index in [0.29, 0.717) is 10.6 Å². The van der Waals surface area contributed by atoms with E-state index < -0.39 is 5.97 Å². The van der Waals surface area contributed by atoms with Crippen LogP contribution in [-0.2, 0) is 9.53 Å². The molecular weight excluding hydrogens is 362 g/mol. The highest BCUT2D eigenvalue weighted by Gasteiger charge is 2.14. The Morgan fingerprint density at radius 3 is 2.67 bits per heavy atom. The zero-order chi connectivity index (χ0) is 19.2. The molecular formula is C22H18ClNO3. The Kier molecular flexibility index (Phi) is 5.99. The molecule has 1 heterocycles. The first kappa shape index (κ1) is 18.8. The molecule has 1 aromatic heterocycles. The van der Waals surface area contributed by atoms with Gasteiger partial charge in [0.05, 0.1) is 17.8 Å². The van der Waals surface area contributed by atoms with Gasteiger partial charge >= 0.3 is 5.97 Å². The van der Waals surface area contributed by atoms with Crippen LogP contribution in [0.1, 0.15) is 35.0 Å². The number of esters is 1. The molecule has 0 radical (unpaired) electrons. The molecule has 5 heteroatoms. The van der Waals surface area contributed by atoms with Crippen LogP contribution in [0.3, 0.4) is 0 Å². The van der Waals surface area contributed by atoms with Gasteiger partial charge in [-0.05, 0) is 36.8 Å². The standard InChI is InChI=1S/C22H18ClNO3/c1-2-27-22(26)14-21(25)19-6-4-3-5-15(19)8-11-18-12-9-16-7-10-17(23)13-20(16)24-18/h3-13H,2,14H2,1H3. The van der Waals surface area contributed by atoms with Gasteiger partial charge in [-0.2, -0.15) is 0 Å². The van der Waals surface area contributed by atoms with Crippen molar-refractivity contribution in [2.75, 3.05) is 6.61 Å². The number of hydrogen-bond donors (Lipinski definition) is 0. The number of nitrogens with zero attached hydrogens (tertiary/aromatic N) is 1. The fraction of sp³-hybridized carbons (Fsp3) is 0.136. The van der Waals surface area contributed by atoms with Crippen LogP contribution in [0.5, 0.6) is 0 Å². The molecule has 3 rings (SSSR count). The number of halogens is 1. The first-order valence-electron chi connectivity index (χ1n) is 8.59. The lowest BCUT2D eigenvalue weighted by Gasteiger charge is -2.05. The van der Waals surface area contributed by atoms with E-state index in [2.05, 4.69) is 4.98 Å². The number of pyridine rings is 1. The molecule has 0 aliphatic heterocycles. The number of aromatic nitrogens is 1. The number of ketones is 1. The Morgan fingerprint density at radius 2 is 1.85 bits per heavy atom. The molecule has 0 aliphatic rings. The number of fused-ring (bicyclic) bond motifs is 1. The second kappa shape index (κ2) is 8.60. The molecule has 0 N–H and O–H groups in total. The van der Waals surface area contributed by atoms with Gasteiger partial charge in [-0.15, -0.1) is 0 Å². The van der Waals surface area contributed by atoms with Crippen molar-refractivity contribution >= 4 is 46.4 Å². The Labute approximate surface area is 162 Å². The average Bonchev–Trinajstić information content (AvgIpc) is 2.66. The third-order valence-corrected chi connectivity index (χ3v) is 4.22. The number of carbonyl (C=O) groups excluding carboxylic acids is 2. The van der Waals surface area contributed by atoms with Crippen molar-refractivity contribution in [3.8, 4) is 0 Å². The maximum Gasteiger partial charge on any atom is 0.313 e. The van der Waals surface area contributed by atoms with Crippen molar-refractivity contribution in [2.24, 2.45) is 0 Å². The van der Waals surface area contributed by atoms with Crippen LogP contribution >= 0.6 is 11.6 Å². The predicted octanol–water partition coefficient (Wildman–Crippen LogP) is 5.19. The monoisotopic (exact) mass is 379 g/mol. The fourth-order valence-corrected chi connectivity index (χ4v) is 2.88. The summed E-state index contributed by atoms with van der Waals surface area (Å²) >= 11 is 6.03. The van der Waals surface area contributed by atoms with E-state index in [1.165, 1.54) is 0 Å². The van der Waals surface area contributed by atoms with Crippen LogP contribution in [0.15, 0.2) is 54.6 Å². The summed E-state index contributed by atoms with van der Waals surface area (Å²) < 4.78 is 4.86. The summed E-state index contributed by atoms with van der Waals surface area (Å²) in [5, 5.41) is 1.63. The van der Waals surface area contributed by atoms with Gasteiger partial charge < -0.3 is 4.74 Å². The van der Waals surface area contributed by atoms with E-state index in [1.807, 2.05) is 54.6 Å². The molecule has 0 amide bonds. The smallest absolute Gasteiger partial charge is 0.313 e. The number of benzene rings is 2. The minimum absolute atomic E-state index is 0.255. The molecule has 0 atom stereocenters. The van der Waals surface area contributed by atoms with Crippen molar-refractivity contribution < 1.29 is 14.3 Å². The second-order valence-electron chi connectivity index (χ2n) is 5.90. The third kappa shape index (κ3) is 4.80. The lowest BCUT2D eigenvalue weighted by atomic mass is 10.0. The number of rotatable bonds is 6. The van der Waals surface area contributed by atoms with Crippen LogP contribution in [0, 0.1) is 0 Å². The van der Waals surface area contributed by atoms with Gasteiger partial charge in [-0.3, -0.25) is 9.59 Å². The number of ether oxygens (including phenoxy) is 1. The predicted molar refractivity (Wildman–Crippen MR) is 108 cm³/mol. The van der Waals surface area contributed by atoms with Crippen molar-refractivity contribution in [3.63, 3.8) is 0 Å². The van der Waals surface area contributed by atoms with Crippen LogP contribution in [-0.4, -0.2) is 23.3 Å². The number of Topliss-reactive ketones (excluding diaryl/α,β-unsaturated/α-hetero) is 1. The minimum Gasteiger partial charge on any atom is -0.466 e. The van der Waals surface area contributed by atoms with E-state index in [4.69, 9.17) is 16.3 Å². The van der Waals surface area contributed by atoms with Gasteiger partial charge in [0.15, 0.2) is 5.78 Å². The average molecular weight is 380 g/mol. The van der Waals surface area contributed by atoms with Gasteiger partial charge in [0.2, 0.25) is 0 Å². The molecule has 4 nitrogen and oxygen atoms in total.